The normalized spacial score (nSPS) is 16.2. The quantitative estimate of drug-likeness (QED) is 0.674. The van der Waals surface area contributed by atoms with Crippen LogP contribution in [0.5, 0.6) is 0 Å². The zero-order chi connectivity index (χ0) is 20.4. The minimum atomic E-state index is -3.50. The predicted molar refractivity (Wildman–Crippen MR) is 111 cm³/mol. The average Bonchev–Trinajstić information content (AvgIpc) is 3.22. The molecule has 29 heavy (non-hydrogen) atoms. The molecule has 7 nitrogen and oxygen atoms in total. The van der Waals surface area contributed by atoms with Crippen molar-refractivity contribution in [1.82, 2.24) is 19.6 Å². The number of hydrogen-bond acceptors (Lipinski definition) is 4. The highest BCUT2D eigenvalue weighted by atomic mass is 32.2. The largest absolute Gasteiger partial charge is 0.349 e. The Bertz CT molecular complexity index is 1110. The van der Waals surface area contributed by atoms with Gasteiger partial charge in [0.2, 0.25) is 10.0 Å². The minimum absolute atomic E-state index is 0.0473. The molecule has 2 aromatic carbocycles. The van der Waals surface area contributed by atoms with Crippen molar-refractivity contribution in [3.63, 3.8) is 0 Å². The van der Waals surface area contributed by atoms with E-state index in [0.717, 1.165) is 23.0 Å². The summed E-state index contributed by atoms with van der Waals surface area (Å²) in [5.74, 6) is -0.155. The predicted octanol–water partition coefficient (Wildman–Crippen LogP) is 2.71. The van der Waals surface area contributed by atoms with Crippen LogP contribution in [0.25, 0.3) is 11.0 Å². The Hall–Kier alpha value is -2.71. The summed E-state index contributed by atoms with van der Waals surface area (Å²) in [5.41, 5.74) is 3.30. The van der Waals surface area contributed by atoms with Crippen molar-refractivity contribution >= 4 is 27.0 Å². The van der Waals surface area contributed by atoms with Gasteiger partial charge in [0.05, 0.1) is 22.3 Å². The first-order chi connectivity index (χ1) is 14.0. The average molecular weight is 413 g/mol. The number of piperidine rings is 1. The van der Waals surface area contributed by atoms with E-state index in [-0.39, 0.29) is 11.9 Å². The number of fused-ring (bicyclic) bond motifs is 1. The van der Waals surface area contributed by atoms with E-state index in [1.807, 2.05) is 19.1 Å². The molecule has 0 atom stereocenters. The van der Waals surface area contributed by atoms with E-state index in [9.17, 15) is 13.2 Å². The molecule has 8 heteroatoms. The Kier molecular flexibility index (Phi) is 5.38. The second kappa shape index (κ2) is 7.96. The summed E-state index contributed by atoms with van der Waals surface area (Å²) in [4.78, 5) is 20.0. The van der Waals surface area contributed by atoms with Gasteiger partial charge >= 0.3 is 0 Å². The number of sulfonamides is 1. The highest BCUT2D eigenvalue weighted by Gasteiger charge is 2.30. The monoisotopic (exact) mass is 412 g/mol. The van der Waals surface area contributed by atoms with Gasteiger partial charge in [0.25, 0.3) is 5.91 Å². The van der Waals surface area contributed by atoms with Gasteiger partial charge < -0.3 is 10.3 Å². The van der Waals surface area contributed by atoms with E-state index >= 15 is 0 Å². The number of imidazole rings is 1. The first-order valence-electron chi connectivity index (χ1n) is 9.80. The second-order valence-corrected chi connectivity index (χ2v) is 9.22. The van der Waals surface area contributed by atoms with E-state index in [4.69, 9.17) is 0 Å². The topological polar surface area (TPSA) is 95.2 Å². The molecule has 2 heterocycles. The van der Waals surface area contributed by atoms with Crippen molar-refractivity contribution in [2.75, 3.05) is 13.1 Å². The molecule has 3 aromatic rings. The van der Waals surface area contributed by atoms with Crippen molar-refractivity contribution in [3.8, 4) is 0 Å². The van der Waals surface area contributed by atoms with Crippen LogP contribution in [0.1, 0.15) is 35.7 Å². The molecule has 1 aromatic heterocycles. The van der Waals surface area contributed by atoms with Crippen LogP contribution in [0, 0.1) is 0 Å². The molecular formula is C21H24N4O3S. The zero-order valence-electron chi connectivity index (χ0n) is 16.3. The van der Waals surface area contributed by atoms with E-state index in [2.05, 4.69) is 15.3 Å². The van der Waals surface area contributed by atoms with Crippen molar-refractivity contribution in [3.05, 3.63) is 59.9 Å². The molecule has 1 aliphatic heterocycles. The van der Waals surface area contributed by atoms with Crippen LogP contribution < -0.4 is 5.32 Å². The Balaban J connectivity index is 1.37. The molecule has 1 aliphatic rings. The maximum atomic E-state index is 12.9. The lowest BCUT2D eigenvalue weighted by Crippen LogP contribution is -2.46. The van der Waals surface area contributed by atoms with E-state index in [0.29, 0.717) is 36.4 Å². The van der Waals surface area contributed by atoms with Crippen LogP contribution in [0.4, 0.5) is 0 Å². The van der Waals surface area contributed by atoms with Gasteiger partial charge in [0.15, 0.2) is 0 Å². The van der Waals surface area contributed by atoms with Crippen molar-refractivity contribution in [2.24, 2.45) is 0 Å². The third kappa shape index (κ3) is 4.04. The summed E-state index contributed by atoms with van der Waals surface area (Å²) in [7, 11) is -3.50. The van der Waals surface area contributed by atoms with Gasteiger partial charge in [-0.2, -0.15) is 4.31 Å². The van der Waals surface area contributed by atoms with Crippen LogP contribution in [0.3, 0.4) is 0 Å². The van der Waals surface area contributed by atoms with Crippen LogP contribution in [-0.4, -0.2) is 47.7 Å². The summed E-state index contributed by atoms with van der Waals surface area (Å²) < 4.78 is 27.2. The van der Waals surface area contributed by atoms with Crippen LogP contribution >= 0.6 is 0 Å². The summed E-state index contributed by atoms with van der Waals surface area (Å²) in [5, 5.41) is 3.02. The first kappa shape index (κ1) is 19.6. The molecule has 1 amide bonds. The molecule has 0 bridgehead atoms. The number of nitrogens with one attached hydrogen (secondary N) is 2. The second-order valence-electron chi connectivity index (χ2n) is 7.28. The number of nitrogens with zero attached hydrogens (tertiary/aromatic N) is 2. The number of benzene rings is 2. The molecular weight excluding hydrogens is 388 g/mol. The van der Waals surface area contributed by atoms with E-state index in [1.54, 1.807) is 36.7 Å². The van der Waals surface area contributed by atoms with Gasteiger partial charge in [-0.05, 0) is 55.2 Å². The highest BCUT2D eigenvalue weighted by Crippen LogP contribution is 2.22. The Morgan fingerprint density at radius 3 is 2.59 bits per heavy atom. The molecule has 0 aliphatic carbocycles. The van der Waals surface area contributed by atoms with E-state index < -0.39 is 10.0 Å². The lowest BCUT2D eigenvalue weighted by atomic mass is 10.1. The number of H-pyrrole nitrogens is 1. The zero-order valence-corrected chi connectivity index (χ0v) is 17.1. The fraction of sp³-hybridized carbons (Fsp3) is 0.333. The molecule has 152 valence electrons. The van der Waals surface area contributed by atoms with Crippen LogP contribution in [-0.2, 0) is 16.4 Å². The van der Waals surface area contributed by atoms with Gasteiger partial charge in [-0.3, -0.25) is 4.79 Å². The number of carbonyl (C=O) groups excluding carboxylic acids is 1. The lowest BCUT2D eigenvalue weighted by molar-refractivity contribution is 0.0924. The third-order valence-corrected chi connectivity index (χ3v) is 7.35. The number of aromatic amines is 1. The molecule has 0 unspecified atom stereocenters. The Morgan fingerprint density at radius 2 is 1.90 bits per heavy atom. The number of aryl methyl sites for hydroxylation is 1. The summed E-state index contributed by atoms with van der Waals surface area (Å²) in [6, 6.07) is 12.3. The SMILES string of the molecule is CCc1ccc(S(=O)(=O)N2CCC(NC(=O)c3ccc4nc[nH]c4c3)CC2)cc1. The van der Waals surface area contributed by atoms with Gasteiger partial charge in [0, 0.05) is 24.7 Å². The Morgan fingerprint density at radius 1 is 1.17 bits per heavy atom. The molecule has 1 saturated heterocycles. The van der Waals surface area contributed by atoms with Gasteiger partial charge in [-0.25, -0.2) is 13.4 Å². The number of amides is 1. The maximum absolute atomic E-state index is 12.9. The first-order valence-corrected chi connectivity index (χ1v) is 11.2. The standard InChI is InChI=1S/C21H24N4O3S/c1-2-15-3-6-18(7-4-15)29(27,28)25-11-9-17(10-12-25)24-21(26)16-5-8-19-20(13-16)23-14-22-19/h3-8,13-14,17H,2,9-12H2,1H3,(H,22,23)(H,24,26). The van der Waals surface area contributed by atoms with Gasteiger partial charge in [-0.1, -0.05) is 19.1 Å². The molecule has 2 N–H and O–H groups in total. The fourth-order valence-electron chi connectivity index (χ4n) is 3.63. The molecule has 0 saturated carbocycles. The summed E-state index contributed by atoms with van der Waals surface area (Å²) in [6.45, 7) is 2.82. The maximum Gasteiger partial charge on any atom is 0.251 e. The van der Waals surface area contributed by atoms with Crippen molar-refractivity contribution in [2.45, 2.75) is 37.1 Å². The van der Waals surface area contributed by atoms with Gasteiger partial charge in [0.1, 0.15) is 0 Å². The number of aromatic nitrogens is 2. The minimum Gasteiger partial charge on any atom is -0.349 e. The summed E-state index contributed by atoms with van der Waals surface area (Å²) >= 11 is 0. The van der Waals surface area contributed by atoms with Gasteiger partial charge in [-0.15, -0.1) is 0 Å². The van der Waals surface area contributed by atoms with E-state index in [1.165, 1.54) is 4.31 Å². The van der Waals surface area contributed by atoms with Crippen molar-refractivity contribution in [1.29, 1.82) is 0 Å². The van der Waals surface area contributed by atoms with Crippen molar-refractivity contribution < 1.29 is 13.2 Å². The fourth-order valence-corrected chi connectivity index (χ4v) is 5.10. The number of carbonyl (C=O) groups is 1. The molecule has 1 fully saturated rings. The lowest BCUT2D eigenvalue weighted by Gasteiger charge is -2.31. The number of rotatable bonds is 5. The summed E-state index contributed by atoms with van der Waals surface area (Å²) in [6.07, 6.45) is 3.64. The molecule has 4 rings (SSSR count). The van der Waals surface area contributed by atoms with Crippen LogP contribution in [0.15, 0.2) is 53.7 Å². The smallest absolute Gasteiger partial charge is 0.251 e. The molecule has 0 spiro atoms. The Labute approximate surface area is 170 Å². The number of hydrogen-bond donors (Lipinski definition) is 2. The third-order valence-electron chi connectivity index (χ3n) is 5.44. The van der Waals surface area contributed by atoms with Crippen LogP contribution in [0.2, 0.25) is 0 Å². The molecule has 0 radical (unpaired) electrons. The highest BCUT2D eigenvalue weighted by molar-refractivity contribution is 7.89.